The van der Waals surface area contributed by atoms with Crippen LogP contribution in [0.1, 0.15) is 11.1 Å². The molecule has 3 aromatic rings. The number of hydrogen-bond donors (Lipinski definition) is 2. The van der Waals surface area contributed by atoms with Crippen molar-refractivity contribution in [1.82, 2.24) is 20.2 Å². The Morgan fingerprint density at radius 2 is 1.83 bits per heavy atom. The zero-order valence-corrected chi connectivity index (χ0v) is 13.5. The fourth-order valence-corrected chi connectivity index (χ4v) is 3.13. The van der Waals surface area contributed by atoms with E-state index in [1.54, 1.807) is 0 Å². The van der Waals surface area contributed by atoms with Crippen LogP contribution < -0.4 is 5.32 Å². The Labute approximate surface area is 136 Å². The van der Waals surface area contributed by atoms with Crippen LogP contribution in [0.15, 0.2) is 42.5 Å². The Kier molecular flexibility index (Phi) is 3.85. The predicted octanol–water partition coefficient (Wildman–Crippen LogP) is 2.94. The third-order valence-electron chi connectivity index (χ3n) is 4.49. The average Bonchev–Trinajstić information content (AvgIpc) is 3.00. The molecule has 4 nitrogen and oxygen atoms in total. The molecule has 2 aromatic carbocycles. The van der Waals surface area contributed by atoms with Crippen molar-refractivity contribution in [3.8, 4) is 11.4 Å². The molecule has 118 valence electrons. The number of hydrogen-bond acceptors (Lipinski definition) is 3. The van der Waals surface area contributed by atoms with Crippen molar-refractivity contribution in [2.75, 3.05) is 26.2 Å². The lowest BCUT2D eigenvalue weighted by atomic mass is 10.1. The Bertz CT molecular complexity index is 798. The lowest BCUT2D eigenvalue weighted by Gasteiger charge is -2.27. The largest absolute Gasteiger partial charge is 0.338 e. The molecule has 1 aliphatic heterocycles. The number of rotatable bonds is 3. The van der Waals surface area contributed by atoms with Crippen LogP contribution >= 0.6 is 0 Å². The van der Waals surface area contributed by atoms with E-state index >= 15 is 0 Å². The quantitative estimate of drug-likeness (QED) is 0.782. The maximum atomic E-state index is 4.72. The normalized spacial score (nSPS) is 16.0. The number of nitrogens with zero attached hydrogens (tertiary/aromatic N) is 2. The molecule has 1 saturated heterocycles. The van der Waals surface area contributed by atoms with Crippen LogP contribution in [0, 0.1) is 6.92 Å². The minimum Gasteiger partial charge on any atom is -0.338 e. The summed E-state index contributed by atoms with van der Waals surface area (Å²) in [6.07, 6.45) is 0. The number of fused-ring (bicyclic) bond motifs is 1. The third-order valence-corrected chi connectivity index (χ3v) is 4.49. The van der Waals surface area contributed by atoms with Gasteiger partial charge in [-0.15, -0.1) is 0 Å². The molecule has 0 spiro atoms. The van der Waals surface area contributed by atoms with Gasteiger partial charge in [0.2, 0.25) is 0 Å². The summed E-state index contributed by atoms with van der Waals surface area (Å²) in [5, 5.41) is 3.40. The molecule has 1 aliphatic rings. The standard InChI is InChI=1S/C19H22N4/c1-14-2-5-16(6-3-14)19-21-17-7-4-15(12-18(17)22-19)13-23-10-8-20-9-11-23/h2-7,12,20H,8-11,13H2,1H3,(H,21,22). The van der Waals surface area contributed by atoms with Crippen molar-refractivity contribution in [1.29, 1.82) is 0 Å². The van der Waals surface area contributed by atoms with E-state index in [1.807, 2.05) is 0 Å². The molecule has 0 amide bonds. The zero-order chi connectivity index (χ0) is 15.6. The Balaban J connectivity index is 1.60. The number of aryl methyl sites for hydroxylation is 1. The van der Waals surface area contributed by atoms with Crippen LogP contribution in [0.5, 0.6) is 0 Å². The number of aromatic nitrogens is 2. The second kappa shape index (κ2) is 6.14. The molecule has 23 heavy (non-hydrogen) atoms. The number of piperazine rings is 1. The number of nitrogens with one attached hydrogen (secondary N) is 2. The summed E-state index contributed by atoms with van der Waals surface area (Å²) in [4.78, 5) is 10.7. The molecule has 0 radical (unpaired) electrons. The molecule has 0 bridgehead atoms. The van der Waals surface area contributed by atoms with E-state index in [4.69, 9.17) is 4.98 Å². The first-order valence-electron chi connectivity index (χ1n) is 8.27. The van der Waals surface area contributed by atoms with Crippen LogP contribution in [0.25, 0.3) is 22.4 Å². The summed E-state index contributed by atoms with van der Waals surface area (Å²) < 4.78 is 0. The van der Waals surface area contributed by atoms with Crippen molar-refractivity contribution in [3.63, 3.8) is 0 Å². The second-order valence-corrected chi connectivity index (χ2v) is 6.33. The molecule has 0 atom stereocenters. The van der Waals surface area contributed by atoms with E-state index in [0.717, 1.165) is 55.1 Å². The van der Waals surface area contributed by atoms with Crippen LogP contribution in [-0.2, 0) is 6.54 Å². The Morgan fingerprint density at radius 1 is 1.04 bits per heavy atom. The first kappa shape index (κ1) is 14.4. The SMILES string of the molecule is Cc1ccc(-c2nc3ccc(CN4CCNCC4)cc3[nH]2)cc1. The molecular formula is C19H22N4. The highest BCUT2D eigenvalue weighted by Gasteiger charge is 2.11. The van der Waals surface area contributed by atoms with Gasteiger partial charge in [0.15, 0.2) is 0 Å². The molecule has 0 unspecified atom stereocenters. The average molecular weight is 306 g/mol. The van der Waals surface area contributed by atoms with Gasteiger partial charge in [-0.2, -0.15) is 0 Å². The van der Waals surface area contributed by atoms with Crippen molar-refractivity contribution in [2.45, 2.75) is 13.5 Å². The topological polar surface area (TPSA) is 44.0 Å². The highest BCUT2D eigenvalue weighted by atomic mass is 15.2. The fourth-order valence-electron chi connectivity index (χ4n) is 3.13. The first-order chi connectivity index (χ1) is 11.3. The van der Waals surface area contributed by atoms with Gasteiger partial charge in [-0.3, -0.25) is 4.90 Å². The lowest BCUT2D eigenvalue weighted by Crippen LogP contribution is -2.42. The minimum absolute atomic E-state index is 0.944. The van der Waals surface area contributed by atoms with E-state index in [0.29, 0.717) is 0 Å². The van der Waals surface area contributed by atoms with Gasteiger partial charge in [0.1, 0.15) is 5.82 Å². The summed E-state index contributed by atoms with van der Waals surface area (Å²) in [5.74, 6) is 0.944. The van der Waals surface area contributed by atoms with Crippen LogP contribution in [0.4, 0.5) is 0 Å². The van der Waals surface area contributed by atoms with Gasteiger partial charge in [-0.25, -0.2) is 4.98 Å². The highest BCUT2D eigenvalue weighted by Crippen LogP contribution is 2.22. The maximum absolute atomic E-state index is 4.72. The summed E-state index contributed by atoms with van der Waals surface area (Å²) in [6.45, 7) is 7.53. The molecule has 2 heterocycles. The van der Waals surface area contributed by atoms with E-state index < -0.39 is 0 Å². The van der Waals surface area contributed by atoms with Gasteiger partial charge >= 0.3 is 0 Å². The predicted molar refractivity (Wildman–Crippen MR) is 94.4 cm³/mol. The lowest BCUT2D eigenvalue weighted by molar-refractivity contribution is 0.233. The second-order valence-electron chi connectivity index (χ2n) is 6.33. The smallest absolute Gasteiger partial charge is 0.138 e. The van der Waals surface area contributed by atoms with Gasteiger partial charge in [0.25, 0.3) is 0 Å². The monoisotopic (exact) mass is 306 g/mol. The minimum atomic E-state index is 0.944. The molecule has 2 N–H and O–H groups in total. The van der Waals surface area contributed by atoms with E-state index in [9.17, 15) is 0 Å². The van der Waals surface area contributed by atoms with Crippen molar-refractivity contribution < 1.29 is 0 Å². The molecule has 0 saturated carbocycles. The van der Waals surface area contributed by atoms with E-state index in [2.05, 4.69) is 64.6 Å². The van der Waals surface area contributed by atoms with Crippen LogP contribution in [-0.4, -0.2) is 41.0 Å². The fraction of sp³-hybridized carbons (Fsp3) is 0.316. The van der Waals surface area contributed by atoms with Crippen molar-refractivity contribution in [3.05, 3.63) is 53.6 Å². The number of imidazole rings is 1. The van der Waals surface area contributed by atoms with E-state index in [1.165, 1.54) is 11.1 Å². The van der Waals surface area contributed by atoms with Crippen molar-refractivity contribution >= 4 is 11.0 Å². The maximum Gasteiger partial charge on any atom is 0.138 e. The zero-order valence-electron chi connectivity index (χ0n) is 13.5. The van der Waals surface area contributed by atoms with Crippen LogP contribution in [0.3, 0.4) is 0 Å². The molecule has 1 fully saturated rings. The summed E-state index contributed by atoms with van der Waals surface area (Å²) in [6, 6.07) is 15.0. The van der Waals surface area contributed by atoms with Gasteiger partial charge < -0.3 is 10.3 Å². The van der Waals surface area contributed by atoms with Gasteiger partial charge in [0, 0.05) is 38.3 Å². The summed E-state index contributed by atoms with van der Waals surface area (Å²) in [7, 11) is 0. The third kappa shape index (κ3) is 3.14. The Morgan fingerprint density at radius 3 is 2.61 bits per heavy atom. The Hall–Kier alpha value is -2.17. The number of aromatic amines is 1. The summed E-state index contributed by atoms with van der Waals surface area (Å²) in [5.41, 5.74) is 5.90. The summed E-state index contributed by atoms with van der Waals surface area (Å²) >= 11 is 0. The van der Waals surface area contributed by atoms with Crippen LogP contribution in [0.2, 0.25) is 0 Å². The molecular weight excluding hydrogens is 284 g/mol. The van der Waals surface area contributed by atoms with Crippen molar-refractivity contribution in [2.24, 2.45) is 0 Å². The van der Waals surface area contributed by atoms with Gasteiger partial charge in [-0.1, -0.05) is 35.9 Å². The van der Waals surface area contributed by atoms with E-state index in [-0.39, 0.29) is 0 Å². The molecule has 1 aromatic heterocycles. The molecule has 4 heteroatoms. The number of benzene rings is 2. The van der Waals surface area contributed by atoms with Gasteiger partial charge in [-0.05, 0) is 24.6 Å². The first-order valence-corrected chi connectivity index (χ1v) is 8.27. The highest BCUT2D eigenvalue weighted by molar-refractivity contribution is 5.80. The van der Waals surface area contributed by atoms with Gasteiger partial charge in [0.05, 0.1) is 11.0 Å². The number of H-pyrrole nitrogens is 1. The molecule has 0 aliphatic carbocycles. The molecule has 4 rings (SSSR count).